The summed E-state index contributed by atoms with van der Waals surface area (Å²) in [6.07, 6.45) is 0.139. The lowest BCUT2D eigenvalue weighted by atomic mass is 9.95. The second-order valence-electron chi connectivity index (χ2n) is 6.50. The lowest BCUT2D eigenvalue weighted by Gasteiger charge is -2.25. The monoisotopic (exact) mass is 341 g/mol. The molecule has 2 aromatic carbocycles. The van der Waals surface area contributed by atoms with Gasteiger partial charge in [0, 0.05) is 5.56 Å². The van der Waals surface area contributed by atoms with E-state index in [1.54, 1.807) is 18.2 Å². The van der Waals surface area contributed by atoms with E-state index in [0.29, 0.717) is 24.5 Å². The number of rotatable bonds is 5. The van der Waals surface area contributed by atoms with E-state index in [1.807, 2.05) is 24.3 Å². The van der Waals surface area contributed by atoms with Gasteiger partial charge < -0.3 is 19.9 Å². The van der Waals surface area contributed by atoms with E-state index in [1.165, 1.54) is 0 Å². The summed E-state index contributed by atoms with van der Waals surface area (Å²) in [5.41, 5.74) is 1.59. The highest BCUT2D eigenvalue weighted by Gasteiger charge is 2.21. The quantitative estimate of drug-likeness (QED) is 0.876. The topological polar surface area (TPSA) is 67.8 Å². The summed E-state index contributed by atoms with van der Waals surface area (Å²) in [5, 5.41) is 12.9. The first kappa shape index (κ1) is 17.1. The molecule has 0 saturated heterocycles. The highest BCUT2D eigenvalue weighted by Crippen LogP contribution is 2.34. The van der Waals surface area contributed by atoms with Crippen LogP contribution in [0.5, 0.6) is 17.2 Å². The third-order valence-electron chi connectivity index (χ3n) is 4.25. The second-order valence-corrected chi connectivity index (χ2v) is 6.50. The van der Waals surface area contributed by atoms with Crippen LogP contribution in [0.3, 0.4) is 0 Å². The first-order chi connectivity index (χ1) is 12.0. The number of nitrogens with one attached hydrogen (secondary N) is 1. The molecule has 0 fully saturated rings. The number of ether oxygens (including phenoxy) is 2. The highest BCUT2D eigenvalue weighted by molar-refractivity contribution is 5.79. The van der Waals surface area contributed by atoms with Gasteiger partial charge in [0.2, 0.25) is 5.91 Å². The Hall–Kier alpha value is -2.69. The molecule has 1 aliphatic rings. The summed E-state index contributed by atoms with van der Waals surface area (Å²) >= 11 is 0. The van der Waals surface area contributed by atoms with Gasteiger partial charge in [0.05, 0.1) is 12.5 Å². The highest BCUT2D eigenvalue weighted by atomic mass is 16.6. The van der Waals surface area contributed by atoms with Crippen molar-refractivity contribution in [2.24, 2.45) is 5.92 Å². The minimum absolute atomic E-state index is 0.130. The minimum Gasteiger partial charge on any atom is -0.508 e. The van der Waals surface area contributed by atoms with Crippen LogP contribution < -0.4 is 14.8 Å². The number of carbonyl (C=O) groups excluding carboxylic acids is 1. The van der Waals surface area contributed by atoms with Crippen LogP contribution in [-0.2, 0) is 11.2 Å². The molecule has 1 unspecified atom stereocenters. The van der Waals surface area contributed by atoms with E-state index in [-0.39, 0.29) is 30.0 Å². The maximum atomic E-state index is 12.5. The van der Waals surface area contributed by atoms with Gasteiger partial charge in [-0.1, -0.05) is 38.1 Å². The number of aromatic hydroxyl groups is 1. The average Bonchev–Trinajstić information content (AvgIpc) is 2.61. The molecule has 0 saturated carbocycles. The van der Waals surface area contributed by atoms with E-state index in [2.05, 4.69) is 19.2 Å². The summed E-state index contributed by atoms with van der Waals surface area (Å²) in [6.45, 7) is 5.20. The number of benzene rings is 2. The van der Waals surface area contributed by atoms with Gasteiger partial charge in [0.15, 0.2) is 11.5 Å². The molecule has 3 rings (SSSR count). The normalized spacial score (nSPS) is 14.2. The Morgan fingerprint density at radius 2 is 1.84 bits per heavy atom. The van der Waals surface area contributed by atoms with Crippen LogP contribution in [0.25, 0.3) is 0 Å². The summed E-state index contributed by atoms with van der Waals surface area (Å²) in [6, 6.07) is 12.5. The van der Waals surface area contributed by atoms with Crippen molar-refractivity contribution in [3.05, 3.63) is 53.6 Å². The van der Waals surface area contributed by atoms with Crippen molar-refractivity contribution in [1.29, 1.82) is 0 Å². The molecule has 25 heavy (non-hydrogen) atoms. The van der Waals surface area contributed by atoms with Crippen molar-refractivity contribution in [1.82, 2.24) is 5.32 Å². The lowest BCUT2D eigenvalue weighted by Crippen LogP contribution is -2.33. The Morgan fingerprint density at radius 3 is 2.56 bits per heavy atom. The molecule has 0 aliphatic carbocycles. The molecule has 1 aliphatic heterocycles. The summed E-state index contributed by atoms with van der Waals surface area (Å²) in [4.78, 5) is 12.5. The molecule has 5 heteroatoms. The first-order valence-electron chi connectivity index (χ1n) is 8.50. The van der Waals surface area contributed by atoms with Gasteiger partial charge in [-0.25, -0.2) is 0 Å². The fourth-order valence-electron chi connectivity index (χ4n) is 2.95. The molecule has 2 aromatic rings. The number of hydrogen-bond acceptors (Lipinski definition) is 4. The summed E-state index contributed by atoms with van der Waals surface area (Å²) in [7, 11) is 0. The summed E-state index contributed by atoms with van der Waals surface area (Å²) < 4.78 is 11.2. The Bertz CT molecular complexity index is 757. The maximum Gasteiger partial charge on any atom is 0.225 e. The number of amides is 1. The van der Waals surface area contributed by atoms with Crippen molar-refractivity contribution >= 4 is 5.91 Å². The molecule has 1 heterocycles. The zero-order chi connectivity index (χ0) is 17.8. The summed E-state index contributed by atoms with van der Waals surface area (Å²) in [5.74, 6) is 1.66. The molecule has 0 bridgehead atoms. The van der Waals surface area contributed by atoms with Crippen LogP contribution in [0.15, 0.2) is 42.5 Å². The number of hydrogen-bond donors (Lipinski definition) is 2. The van der Waals surface area contributed by atoms with E-state index in [9.17, 15) is 9.90 Å². The van der Waals surface area contributed by atoms with Crippen molar-refractivity contribution in [2.45, 2.75) is 26.3 Å². The molecule has 0 spiro atoms. The lowest BCUT2D eigenvalue weighted by molar-refractivity contribution is -0.121. The van der Waals surface area contributed by atoms with Crippen LogP contribution in [0.2, 0.25) is 0 Å². The second kappa shape index (κ2) is 7.47. The zero-order valence-electron chi connectivity index (χ0n) is 14.5. The standard InChI is InChI=1S/C20H23NO4/c1-13(2)20(15-7-8-17-18(11-15)25-10-9-24-17)21-19(23)12-14-5-3-4-6-16(14)22/h3-8,11,13,20,22H,9-10,12H2,1-2H3,(H,21,23). The SMILES string of the molecule is CC(C)C(NC(=O)Cc1ccccc1O)c1ccc2c(c1)OCCO2. The fourth-order valence-corrected chi connectivity index (χ4v) is 2.95. The van der Waals surface area contributed by atoms with Gasteiger partial charge in [-0.3, -0.25) is 4.79 Å². The molecule has 0 aromatic heterocycles. The Kier molecular flexibility index (Phi) is 5.12. The number of phenols is 1. The van der Waals surface area contributed by atoms with Gasteiger partial charge in [-0.05, 0) is 29.7 Å². The molecule has 2 N–H and O–H groups in total. The zero-order valence-corrected chi connectivity index (χ0v) is 14.5. The third-order valence-corrected chi connectivity index (χ3v) is 4.25. The predicted octanol–water partition coefficient (Wildman–Crippen LogP) is 3.22. The van der Waals surface area contributed by atoms with Crippen molar-refractivity contribution in [2.75, 3.05) is 13.2 Å². The largest absolute Gasteiger partial charge is 0.508 e. The molecular weight excluding hydrogens is 318 g/mol. The number of phenolic OH excluding ortho intramolecular Hbond substituents is 1. The molecule has 132 valence electrons. The van der Waals surface area contributed by atoms with Crippen LogP contribution >= 0.6 is 0 Å². The predicted molar refractivity (Wildman–Crippen MR) is 95.0 cm³/mol. The Labute approximate surface area is 147 Å². The molecular formula is C20H23NO4. The third kappa shape index (κ3) is 4.05. The number of para-hydroxylation sites is 1. The van der Waals surface area contributed by atoms with Crippen molar-refractivity contribution < 1.29 is 19.4 Å². The molecule has 0 radical (unpaired) electrons. The van der Waals surface area contributed by atoms with Gasteiger partial charge in [0.25, 0.3) is 0 Å². The van der Waals surface area contributed by atoms with Crippen LogP contribution in [0, 0.1) is 5.92 Å². The number of carbonyl (C=O) groups is 1. The van der Waals surface area contributed by atoms with E-state index >= 15 is 0 Å². The van der Waals surface area contributed by atoms with Crippen molar-refractivity contribution in [3.8, 4) is 17.2 Å². The van der Waals surface area contributed by atoms with Gasteiger partial charge in [-0.15, -0.1) is 0 Å². The van der Waals surface area contributed by atoms with Gasteiger partial charge in [-0.2, -0.15) is 0 Å². The van der Waals surface area contributed by atoms with Crippen LogP contribution in [0.1, 0.15) is 31.0 Å². The van der Waals surface area contributed by atoms with Crippen LogP contribution in [-0.4, -0.2) is 24.2 Å². The van der Waals surface area contributed by atoms with Crippen LogP contribution in [0.4, 0.5) is 0 Å². The maximum absolute atomic E-state index is 12.5. The number of fused-ring (bicyclic) bond motifs is 1. The van der Waals surface area contributed by atoms with Gasteiger partial charge in [0.1, 0.15) is 19.0 Å². The molecule has 1 amide bonds. The Morgan fingerprint density at radius 1 is 1.12 bits per heavy atom. The van der Waals surface area contributed by atoms with E-state index in [4.69, 9.17) is 9.47 Å². The van der Waals surface area contributed by atoms with E-state index < -0.39 is 0 Å². The fraction of sp³-hybridized carbons (Fsp3) is 0.350. The molecule has 5 nitrogen and oxygen atoms in total. The smallest absolute Gasteiger partial charge is 0.225 e. The van der Waals surface area contributed by atoms with Crippen molar-refractivity contribution in [3.63, 3.8) is 0 Å². The average molecular weight is 341 g/mol. The van der Waals surface area contributed by atoms with Gasteiger partial charge >= 0.3 is 0 Å². The van der Waals surface area contributed by atoms with E-state index in [0.717, 1.165) is 11.3 Å². The Balaban J connectivity index is 1.75. The minimum atomic E-state index is -0.144. The molecule has 1 atom stereocenters. The first-order valence-corrected chi connectivity index (χ1v) is 8.50.